The van der Waals surface area contributed by atoms with Crippen LogP contribution in [0.5, 0.6) is 17.2 Å². The first-order valence-electron chi connectivity index (χ1n) is 13.7. The Labute approximate surface area is 270 Å². The number of hydrogen-bond donors (Lipinski definition) is 3. The van der Waals surface area contributed by atoms with Crippen LogP contribution in [0.25, 0.3) is 0 Å². The first-order chi connectivity index (χ1) is 21.7. The molecule has 3 aromatic carbocycles. The van der Waals surface area contributed by atoms with E-state index in [1.165, 1.54) is 13.3 Å². The van der Waals surface area contributed by atoms with Crippen LogP contribution in [-0.2, 0) is 20.9 Å². The van der Waals surface area contributed by atoms with E-state index < -0.39 is 17.9 Å². The number of halogens is 1. The van der Waals surface area contributed by atoms with Gasteiger partial charge in [-0.2, -0.15) is 10.4 Å². The number of rotatable bonds is 12. The number of nitriles is 1. The molecule has 4 rings (SSSR count). The van der Waals surface area contributed by atoms with Gasteiger partial charge in [0.15, 0.2) is 23.2 Å². The summed E-state index contributed by atoms with van der Waals surface area (Å²) in [5.74, 6) is 0.00627. The van der Waals surface area contributed by atoms with Crippen molar-refractivity contribution in [3.05, 3.63) is 99.2 Å². The van der Waals surface area contributed by atoms with Gasteiger partial charge in [-0.1, -0.05) is 48.0 Å². The molecule has 0 unspecified atom stereocenters. The lowest BCUT2D eigenvalue weighted by Crippen LogP contribution is -2.45. The third-order valence-corrected chi connectivity index (χ3v) is 7.02. The molecule has 0 bridgehead atoms. The molecule has 13 heteroatoms. The highest BCUT2D eigenvalue weighted by atomic mass is 35.5. The number of thiocarbonyl (C=S) groups is 1. The van der Waals surface area contributed by atoms with Gasteiger partial charge in [0.25, 0.3) is 5.91 Å². The molecule has 0 aromatic heterocycles. The van der Waals surface area contributed by atoms with E-state index in [1.54, 1.807) is 68.4 Å². The van der Waals surface area contributed by atoms with Crippen LogP contribution in [0.3, 0.4) is 0 Å². The number of esters is 1. The number of para-hydroxylation sites is 1. The lowest BCUT2D eigenvalue weighted by molar-refractivity contribution is -0.139. The van der Waals surface area contributed by atoms with Crippen molar-refractivity contribution >= 4 is 47.0 Å². The predicted octanol–water partition coefficient (Wildman–Crippen LogP) is 4.68. The fourth-order valence-corrected chi connectivity index (χ4v) is 5.02. The van der Waals surface area contributed by atoms with E-state index in [4.69, 9.17) is 42.8 Å². The molecule has 0 saturated heterocycles. The Bertz CT molecular complexity index is 1700. The van der Waals surface area contributed by atoms with Crippen LogP contribution in [0.15, 0.2) is 77.0 Å². The number of nitrogens with one attached hydrogen (secondary N) is 3. The smallest absolute Gasteiger partial charge is 0.338 e. The van der Waals surface area contributed by atoms with E-state index in [1.807, 2.05) is 6.07 Å². The van der Waals surface area contributed by atoms with Gasteiger partial charge in [-0.15, -0.1) is 0 Å². The number of benzene rings is 3. The second-order valence-electron chi connectivity index (χ2n) is 9.50. The summed E-state index contributed by atoms with van der Waals surface area (Å²) in [6, 6.07) is 18.8. The largest absolute Gasteiger partial charge is 0.493 e. The van der Waals surface area contributed by atoms with Gasteiger partial charge in [0.2, 0.25) is 0 Å². The summed E-state index contributed by atoms with van der Waals surface area (Å²) in [6.45, 7) is 3.43. The molecule has 1 heterocycles. The van der Waals surface area contributed by atoms with Crippen molar-refractivity contribution in [1.82, 2.24) is 16.1 Å². The molecular weight excluding hydrogens is 618 g/mol. The minimum absolute atomic E-state index is 0.118. The standard InChI is InChI=1S/C32H30ClN5O6S/c1-4-42-31(40)28-19(2)36-32(45)37-29(28)23-11-7-8-12-25(23)43-18-27(39)38-35-16-20-13-24(33)30(26(14-20)41-3)44-17-22-10-6-5-9-21(22)15-34/h5-14,16,29H,4,17-18H2,1-3H3,(H,38,39)(H2,36,37,45)/t29-/m1/s1. The number of hydrogen-bond acceptors (Lipinski definition) is 9. The van der Waals surface area contributed by atoms with Crippen LogP contribution < -0.4 is 30.3 Å². The fraction of sp³-hybridized carbons (Fsp3) is 0.219. The average molecular weight is 648 g/mol. The minimum atomic E-state index is -0.650. The zero-order valence-corrected chi connectivity index (χ0v) is 26.3. The third-order valence-electron chi connectivity index (χ3n) is 6.52. The van der Waals surface area contributed by atoms with E-state index in [0.29, 0.717) is 55.9 Å². The maximum atomic E-state index is 12.7. The van der Waals surface area contributed by atoms with Crippen molar-refractivity contribution in [2.75, 3.05) is 20.3 Å². The molecule has 0 aliphatic carbocycles. The van der Waals surface area contributed by atoms with Gasteiger partial charge in [-0.3, -0.25) is 4.79 Å². The average Bonchev–Trinajstić information content (AvgIpc) is 3.03. The normalized spacial score (nSPS) is 14.2. The van der Waals surface area contributed by atoms with Crippen LogP contribution in [0, 0.1) is 11.3 Å². The second-order valence-corrected chi connectivity index (χ2v) is 10.3. The zero-order chi connectivity index (χ0) is 32.3. The highest BCUT2D eigenvalue weighted by Crippen LogP contribution is 2.37. The summed E-state index contributed by atoms with van der Waals surface area (Å²) in [4.78, 5) is 25.3. The first-order valence-corrected chi connectivity index (χ1v) is 14.5. The van der Waals surface area contributed by atoms with Gasteiger partial charge in [0, 0.05) is 16.8 Å². The highest BCUT2D eigenvalue weighted by Gasteiger charge is 2.32. The van der Waals surface area contributed by atoms with Crippen LogP contribution in [0.2, 0.25) is 5.02 Å². The predicted molar refractivity (Wildman–Crippen MR) is 172 cm³/mol. The van der Waals surface area contributed by atoms with Crippen molar-refractivity contribution in [1.29, 1.82) is 5.26 Å². The highest BCUT2D eigenvalue weighted by molar-refractivity contribution is 7.80. The quantitative estimate of drug-likeness (QED) is 0.110. The molecule has 0 spiro atoms. The molecule has 1 aliphatic heterocycles. The van der Waals surface area contributed by atoms with Crippen LogP contribution in [0.1, 0.15) is 42.1 Å². The Morgan fingerprint density at radius 3 is 2.64 bits per heavy atom. The van der Waals surface area contributed by atoms with E-state index in [9.17, 15) is 14.9 Å². The molecule has 45 heavy (non-hydrogen) atoms. The Morgan fingerprint density at radius 1 is 1.13 bits per heavy atom. The van der Waals surface area contributed by atoms with Crippen molar-refractivity contribution in [2.45, 2.75) is 26.5 Å². The zero-order valence-electron chi connectivity index (χ0n) is 24.7. The number of amides is 1. The van der Waals surface area contributed by atoms with E-state index in [2.05, 4.69) is 27.2 Å². The van der Waals surface area contributed by atoms with Crippen molar-refractivity contribution in [3.8, 4) is 23.3 Å². The topological polar surface area (TPSA) is 143 Å². The molecule has 1 atom stereocenters. The lowest BCUT2D eigenvalue weighted by atomic mass is 9.95. The number of hydrazone groups is 1. The number of allylic oxidation sites excluding steroid dienone is 1. The molecule has 1 aliphatic rings. The molecular formula is C32H30ClN5O6S. The van der Waals surface area contributed by atoms with Gasteiger partial charge in [0.1, 0.15) is 12.4 Å². The monoisotopic (exact) mass is 647 g/mol. The fourth-order valence-electron chi connectivity index (χ4n) is 4.47. The second kappa shape index (κ2) is 15.6. The Morgan fingerprint density at radius 2 is 1.89 bits per heavy atom. The van der Waals surface area contributed by atoms with Gasteiger partial charge in [-0.25, -0.2) is 10.2 Å². The third kappa shape index (κ3) is 8.29. The summed E-state index contributed by atoms with van der Waals surface area (Å²) < 4.78 is 22.4. The molecule has 1 amide bonds. The Hall–Kier alpha value is -5.12. The molecule has 3 aromatic rings. The van der Waals surface area contributed by atoms with Crippen molar-refractivity contribution in [3.63, 3.8) is 0 Å². The summed E-state index contributed by atoms with van der Waals surface area (Å²) in [5.41, 5.74) is 5.67. The SMILES string of the molecule is CCOC(=O)C1=C(C)NC(=S)N[C@@H]1c1ccccc1OCC(=O)NN=Cc1cc(Cl)c(OCc2ccccc2C#N)c(OC)c1. The summed E-state index contributed by atoms with van der Waals surface area (Å²) in [5, 5.41) is 20.0. The van der Waals surface area contributed by atoms with Crippen LogP contribution in [0.4, 0.5) is 0 Å². The first kappa shape index (κ1) is 32.8. The van der Waals surface area contributed by atoms with Gasteiger partial charge >= 0.3 is 5.97 Å². The summed E-state index contributed by atoms with van der Waals surface area (Å²) in [6.07, 6.45) is 1.40. The molecule has 0 fully saturated rings. The maximum Gasteiger partial charge on any atom is 0.338 e. The van der Waals surface area contributed by atoms with Gasteiger partial charge < -0.3 is 29.6 Å². The van der Waals surface area contributed by atoms with Gasteiger partial charge in [-0.05, 0) is 55.9 Å². The Kier molecular flexibility index (Phi) is 11.3. The molecule has 11 nitrogen and oxygen atoms in total. The number of carbonyl (C=O) groups is 2. The van der Waals surface area contributed by atoms with E-state index in [-0.39, 0.29) is 24.8 Å². The summed E-state index contributed by atoms with van der Waals surface area (Å²) in [7, 11) is 1.47. The van der Waals surface area contributed by atoms with Crippen LogP contribution >= 0.6 is 23.8 Å². The number of methoxy groups -OCH3 is 1. The van der Waals surface area contributed by atoms with Crippen LogP contribution in [-0.4, -0.2) is 43.5 Å². The minimum Gasteiger partial charge on any atom is -0.493 e. The number of nitrogens with zero attached hydrogens (tertiary/aromatic N) is 2. The molecule has 0 radical (unpaired) electrons. The maximum absolute atomic E-state index is 12.7. The summed E-state index contributed by atoms with van der Waals surface area (Å²) >= 11 is 11.8. The van der Waals surface area contributed by atoms with Crippen molar-refractivity contribution < 1.29 is 28.5 Å². The molecule has 3 N–H and O–H groups in total. The molecule has 232 valence electrons. The van der Waals surface area contributed by atoms with Crippen molar-refractivity contribution in [2.24, 2.45) is 5.10 Å². The van der Waals surface area contributed by atoms with E-state index in [0.717, 1.165) is 0 Å². The lowest BCUT2D eigenvalue weighted by Gasteiger charge is -2.30. The van der Waals surface area contributed by atoms with E-state index >= 15 is 0 Å². The number of carbonyl (C=O) groups excluding carboxylic acids is 2. The van der Waals surface area contributed by atoms with Gasteiger partial charge in [0.05, 0.1) is 48.2 Å². The molecule has 0 saturated carbocycles. The number of ether oxygens (including phenoxy) is 4. The Balaban J connectivity index is 1.40.